The van der Waals surface area contributed by atoms with Crippen molar-refractivity contribution in [1.82, 2.24) is 14.8 Å². The molecule has 0 aliphatic carbocycles. The number of carbonyl (C=O) groups is 1. The molecule has 0 bridgehead atoms. The number of halogens is 4. The molecule has 0 unspecified atom stereocenters. The molecule has 5 aromatic rings. The quantitative estimate of drug-likeness (QED) is 0.240. The first-order chi connectivity index (χ1) is 15.9. The van der Waals surface area contributed by atoms with Gasteiger partial charge in [-0.05, 0) is 54.6 Å². The first kappa shape index (κ1) is 22.3. The zero-order valence-corrected chi connectivity index (χ0v) is 20.7. The molecule has 2 heterocycles. The van der Waals surface area contributed by atoms with E-state index in [0.717, 1.165) is 37.6 Å². The lowest BCUT2D eigenvalue weighted by molar-refractivity contribution is -0.116. The maximum atomic E-state index is 14.1. The maximum Gasteiger partial charge on any atom is 0.227 e. The number of hydrogen-bond donors (Lipinski definition) is 1. The number of amides is 1. The van der Waals surface area contributed by atoms with Gasteiger partial charge in [-0.1, -0.05) is 50.5 Å². The van der Waals surface area contributed by atoms with E-state index in [4.69, 9.17) is 23.2 Å². The second-order valence-corrected chi connectivity index (χ2v) is 10.1. The molecule has 0 aliphatic rings. The van der Waals surface area contributed by atoms with Crippen LogP contribution in [0.15, 0.2) is 59.1 Å². The predicted molar refractivity (Wildman–Crippen MR) is 136 cm³/mol. The van der Waals surface area contributed by atoms with Crippen LogP contribution in [0.4, 0.5) is 9.52 Å². The average Bonchev–Trinajstić information content (AvgIpc) is 3.36. The van der Waals surface area contributed by atoms with Gasteiger partial charge in [-0.2, -0.15) is 0 Å². The molecular weight excluding hydrogens is 550 g/mol. The Morgan fingerprint density at radius 1 is 1.00 bits per heavy atom. The molecule has 0 fully saturated rings. The fourth-order valence-corrected chi connectivity index (χ4v) is 5.21. The number of nitrogens with one attached hydrogen (secondary N) is 1. The van der Waals surface area contributed by atoms with Crippen LogP contribution >= 0.6 is 50.5 Å². The number of aryl methyl sites for hydroxylation is 1. The third kappa shape index (κ3) is 4.48. The highest BCUT2D eigenvalue weighted by atomic mass is 79.9. The van der Waals surface area contributed by atoms with Gasteiger partial charge in [0.15, 0.2) is 5.01 Å². The molecule has 3 aromatic carbocycles. The number of benzene rings is 3. The third-order valence-corrected chi connectivity index (χ3v) is 7.02. The van der Waals surface area contributed by atoms with E-state index >= 15 is 0 Å². The summed E-state index contributed by atoms with van der Waals surface area (Å²) < 4.78 is 16.9. The van der Waals surface area contributed by atoms with Gasteiger partial charge < -0.3 is 9.88 Å². The minimum atomic E-state index is -0.404. The topological polar surface area (TPSA) is 59.8 Å². The monoisotopic (exact) mass is 562 g/mol. The molecule has 0 radical (unpaired) electrons. The van der Waals surface area contributed by atoms with Crippen LogP contribution in [0.3, 0.4) is 0 Å². The van der Waals surface area contributed by atoms with Crippen molar-refractivity contribution in [3.63, 3.8) is 0 Å². The zero-order chi connectivity index (χ0) is 23.1. The molecule has 1 amide bonds. The summed E-state index contributed by atoms with van der Waals surface area (Å²) in [4.78, 5) is 12.6. The minimum absolute atomic E-state index is 0.213. The molecule has 10 heteroatoms. The zero-order valence-electron chi connectivity index (χ0n) is 16.8. The van der Waals surface area contributed by atoms with Crippen molar-refractivity contribution < 1.29 is 9.18 Å². The average molecular weight is 564 g/mol. The van der Waals surface area contributed by atoms with Gasteiger partial charge in [0.2, 0.25) is 11.0 Å². The SMILES string of the molecule is O=C(CCn1c2ccc(Cl)cc2c2cc(Cl)ccc21)Nc1nnc(-c2cc(Br)ccc2F)s1. The number of anilines is 1. The number of fused-ring (bicyclic) bond motifs is 3. The highest BCUT2D eigenvalue weighted by Gasteiger charge is 2.16. The highest BCUT2D eigenvalue weighted by Crippen LogP contribution is 2.33. The van der Waals surface area contributed by atoms with Crippen molar-refractivity contribution in [2.24, 2.45) is 0 Å². The number of rotatable bonds is 5. The summed E-state index contributed by atoms with van der Waals surface area (Å²) in [6.07, 6.45) is 0.213. The predicted octanol–water partition coefficient (Wildman–Crippen LogP) is 7.55. The first-order valence-electron chi connectivity index (χ1n) is 9.85. The fourth-order valence-electron chi connectivity index (χ4n) is 3.73. The maximum absolute atomic E-state index is 14.1. The summed E-state index contributed by atoms with van der Waals surface area (Å²) in [6.45, 7) is 0.445. The van der Waals surface area contributed by atoms with E-state index in [1.165, 1.54) is 6.07 Å². The van der Waals surface area contributed by atoms with Crippen LogP contribution < -0.4 is 5.32 Å². The summed E-state index contributed by atoms with van der Waals surface area (Å²) >= 11 is 16.9. The molecule has 0 atom stereocenters. The van der Waals surface area contributed by atoms with Crippen molar-refractivity contribution in [3.8, 4) is 10.6 Å². The summed E-state index contributed by atoms with van der Waals surface area (Å²) in [5, 5.41) is 14.7. The van der Waals surface area contributed by atoms with Gasteiger partial charge in [0, 0.05) is 54.9 Å². The molecule has 33 heavy (non-hydrogen) atoms. The molecule has 2 aromatic heterocycles. The molecule has 0 aliphatic heterocycles. The summed E-state index contributed by atoms with van der Waals surface area (Å²) in [5.74, 6) is -0.621. The Hall–Kier alpha value is -2.52. The van der Waals surface area contributed by atoms with E-state index in [0.29, 0.717) is 32.3 Å². The largest absolute Gasteiger partial charge is 0.340 e. The molecule has 5 rings (SSSR count). The second kappa shape index (κ2) is 9.02. The number of aromatic nitrogens is 3. The van der Waals surface area contributed by atoms with E-state index in [1.807, 2.05) is 36.4 Å². The van der Waals surface area contributed by atoms with Crippen LogP contribution in [-0.4, -0.2) is 20.7 Å². The van der Waals surface area contributed by atoms with Crippen molar-refractivity contribution in [2.45, 2.75) is 13.0 Å². The number of carbonyl (C=O) groups excluding carboxylic acids is 1. The molecule has 0 saturated heterocycles. The van der Waals surface area contributed by atoms with Gasteiger partial charge in [0.25, 0.3) is 0 Å². The smallest absolute Gasteiger partial charge is 0.227 e. The lowest BCUT2D eigenvalue weighted by Gasteiger charge is -2.07. The fraction of sp³-hybridized carbons (Fsp3) is 0.0870. The molecule has 1 N–H and O–H groups in total. The van der Waals surface area contributed by atoms with Crippen molar-refractivity contribution >= 4 is 83.3 Å². The lowest BCUT2D eigenvalue weighted by Crippen LogP contribution is -2.14. The van der Waals surface area contributed by atoms with Crippen LogP contribution in [0.5, 0.6) is 0 Å². The normalized spacial score (nSPS) is 11.4. The van der Waals surface area contributed by atoms with Crippen molar-refractivity contribution in [3.05, 3.63) is 74.9 Å². The van der Waals surface area contributed by atoms with Crippen LogP contribution in [0.2, 0.25) is 10.0 Å². The van der Waals surface area contributed by atoms with Crippen molar-refractivity contribution in [1.29, 1.82) is 0 Å². The van der Waals surface area contributed by atoms with Gasteiger partial charge >= 0.3 is 0 Å². The van der Waals surface area contributed by atoms with Gasteiger partial charge in [0.1, 0.15) is 5.82 Å². The first-order valence-corrected chi connectivity index (χ1v) is 12.2. The lowest BCUT2D eigenvalue weighted by atomic mass is 10.1. The van der Waals surface area contributed by atoms with Crippen LogP contribution in [-0.2, 0) is 11.3 Å². The van der Waals surface area contributed by atoms with Crippen LogP contribution in [0.25, 0.3) is 32.4 Å². The van der Waals surface area contributed by atoms with Crippen LogP contribution in [0.1, 0.15) is 6.42 Å². The molecule has 5 nitrogen and oxygen atoms in total. The number of hydrogen-bond acceptors (Lipinski definition) is 4. The van der Waals surface area contributed by atoms with E-state index in [-0.39, 0.29) is 12.3 Å². The molecule has 0 spiro atoms. The molecule has 0 saturated carbocycles. The third-order valence-electron chi connectivity index (χ3n) is 5.18. The van der Waals surface area contributed by atoms with Gasteiger partial charge in [-0.25, -0.2) is 4.39 Å². The van der Waals surface area contributed by atoms with E-state index in [2.05, 4.69) is 36.0 Å². The Labute approximate surface area is 210 Å². The summed E-state index contributed by atoms with van der Waals surface area (Å²) in [7, 11) is 0. The summed E-state index contributed by atoms with van der Waals surface area (Å²) in [6, 6.07) is 15.9. The van der Waals surface area contributed by atoms with E-state index < -0.39 is 5.82 Å². The Kier molecular flexibility index (Phi) is 6.09. The van der Waals surface area contributed by atoms with Gasteiger partial charge in [0.05, 0.1) is 0 Å². The van der Waals surface area contributed by atoms with Crippen molar-refractivity contribution in [2.75, 3.05) is 5.32 Å². The minimum Gasteiger partial charge on any atom is -0.340 e. The van der Waals surface area contributed by atoms with E-state index in [9.17, 15) is 9.18 Å². The Bertz CT molecular complexity index is 1480. The highest BCUT2D eigenvalue weighted by molar-refractivity contribution is 9.10. The second-order valence-electron chi connectivity index (χ2n) is 7.31. The van der Waals surface area contributed by atoms with Gasteiger partial charge in [-0.3, -0.25) is 4.79 Å². The Morgan fingerprint density at radius 2 is 1.67 bits per heavy atom. The van der Waals surface area contributed by atoms with Gasteiger partial charge in [-0.15, -0.1) is 10.2 Å². The van der Waals surface area contributed by atoms with E-state index in [1.54, 1.807) is 12.1 Å². The number of nitrogens with zero attached hydrogens (tertiary/aromatic N) is 3. The molecular formula is C23H14BrCl2FN4OS. The summed E-state index contributed by atoms with van der Waals surface area (Å²) in [5.41, 5.74) is 2.26. The Morgan fingerprint density at radius 3 is 2.33 bits per heavy atom. The van der Waals surface area contributed by atoms with Crippen LogP contribution in [0, 0.1) is 5.82 Å². The molecule has 166 valence electrons. The Balaban J connectivity index is 1.36. The standard InChI is InChI=1S/C23H14BrCl2FN4OS/c24-12-1-4-18(27)17(9-12)22-29-30-23(33-22)28-21(32)7-8-31-19-5-2-13(25)10-15(19)16-11-14(26)3-6-20(16)31/h1-6,9-11H,7-8H2,(H,28,30,32).